The first kappa shape index (κ1) is 76.6. The maximum Gasteiger partial charge on any atom is 0.168 e. The van der Waals surface area contributed by atoms with Gasteiger partial charge in [0, 0.05) is 0 Å². The first-order valence-corrected chi connectivity index (χ1v) is 38.3. The first-order chi connectivity index (χ1) is 53.2. The zero-order chi connectivity index (χ0) is 78.1. The van der Waals surface area contributed by atoms with Gasteiger partial charge in [0.25, 0.3) is 0 Å². The second-order valence-electron chi connectivity index (χ2n) is 33.0. The summed E-state index contributed by atoms with van der Waals surface area (Å²) >= 11 is 0. The minimum absolute atomic E-state index is 0.0569. The van der Waals surface area contributed by atoms with E-state index in [2.05, 4.69) is 9.97 Å². The van der Waals surface area contributed by atoms with Gasteiger partial charge in [-0.05, 0) is 159 Å². The Morgan fingerprint density at radius 1 is 0.241 bits per heavy atom. The monoisotopic (exact) mass is 1550 g/mol. The lowest BCUT2D eigenvalue weighted by Crippen LogP contribution is -2.25. The van der Waals surface area contributed by atoms with E-state index in [-0.39, 0.29) is 152 Å². The topological polar surface area (TPSA) is 330 Å². The molecule has 8 saturated heterocycles. The van der Waals surface area contributed by atoms with Crippen LogP contribution in [0.4, 0.5) is 0 Å². The van der Waals surface area contributed by atoms with Gasteiger partial charge in [0.2, 0.25) is 0 Å². The molecule has 32 nitrogen and oxygen atoms in total. The molecule has 112 heavy (non-hydrogen) atoms. The molecule has 8 atom stereocenters. The molecule has 13 heterocycles. The van der Waals surface area contributed by atoms with Crippen LogP contribution in [-0.4, -0.2) is 241 Å². The highest BCUT2D eigenvalue weighted by atomic mass is 16.8. The summed E-state index contributed by atoms with van der Waals surface area (Å²) in [5.41, 5.74) is 2.39. The van der Waals surface area contributed by atoms with E-state index in [1.807, 2.05) is 159 Å². The van der Waals surface area contributed by atoms with Crippen LogP contribution in [0.3, 0.4) is 0 Å². The predicted octanol–water partition coefficient (Wildman–Crippen LogP) is 11.1. The van der Waals surface area contributed by atoms with Crippen LogP contribution in [0.5, 0.6) is 46.0 Å². The van der Waals surface area contributed by atoms with Gasteiger partial charge in [-0.1, -0.05) is 0 Å². The Bertz CT molecular complexity index is 4330. The first-order valence-electron chi connectivity index (χ1n) is 38.3. The summed E-state index contributed by atoms with van der Waals surface area (Å²) in [7, 11) is 0. The zero-order valence-corrected chi connectivity index (χ0v) is 66.0. The summed E-state index contributed by atoms with van der Waals surface area (Å²) in [6, 6.07) is 14.5. The minimum atomic E-state index is -0.869. The molecule has 17 rings (SSSR count). The van der Waals surface area contributed by atoms with Gasteiger partial charge in [-0.2, -0.15) is 0 Å². The number of hydrogen-bond donors (Lipinski definition) is 2. The highest BCUT2D eigenvalue weighted by Crippen LogP contribution is 2.52. The van der Waals surface area contributed by atoms with Crippen molar-refractivity contribution in [1.82, 2.24) is 39.9 Å². The van der Waals surface area contributed by atoms with Crippen molar-refractivity contribution in [3.05, 3.63) is 48.5 Å². The molecule has 2 N–H and O–H groups in total. The average molecular weight is 1560 g/mol. The number of fused-ring (bicyclic) bond motifs is 20. The Labute approximate surface area is 646 Å². The third kappa shape index (κ3) is 16.4. The van der Waals surface area contributed by atoms with Gasteiger partial charge in [0.15, 0.2) is 69.6 Å². The number of nitrogens with one attached hydrogen (secondary N) is 2. The highest BCUT2D eigenvalue weighted by Gasteiger charge is 2.43. The zero-order valence-electron chi connectivity index (χ0n) is 66.0. The SMILES string of the molecule is CC1(C)OCC(COc2ccc(OCC3COC(C)(C)O3)c3c2-c2nc-3nc3[nH]c(nc4nc(nc5[nH]c(n2)c2c(OCC6COC(C)(C)O6)ccc(OCC6COC(C)(C)O6)c52)-c2c(OCC5COC(C)(C)O5)ccc(OCC5COC(C)(C)O5)c2-4)c2c(OCC4COC(C)(C)O4)ccc(OCC4COC(C)(C)O4)c32)O1. The van der Waals surface area contributed by atoms with Crippen LogP contribution in [-0.2, 0) is 75.8 Å². The summed E-state index contributed by atoms with van der Waals surface area (Å²) in [4.78, 5) is 41.0. The van der Waals surface area contributed by atoms with Crippen LogP contribution in [0.25, 0.3) is 89.7 Å². The van der Waals surface area contributed by atoms with E-state index in [1.165, 1.54) is 0 Å². The van der Waals surface area contributed by atoms with Gasteiger partial charge >= 0.3 is 0 Å². The normalized spacial score (nSPS) is 26.6. The largest absolute Gasteiger partial charge is 0.490 e. The lowest BCUT2D eigenvalue weighted by molar-refractivity contribution is -0.141. The van der Waals surface area contributed by atoms with Crippen LogP contribution in [0, 0.1) is 0 Å². The predicted molar refractivity (Wildman–Crippen MR) is 399 cm³/mol. The summed E-state index contributed by atoms with van der Waals surface area (Å²) in [6.07, 6.45) is -3.79. The fourth-order valence-corrected chi connectivity index (χ4v) is 15.3. The van der Waals surface area contributed by atoms with Gasteiger partial charge in [-0.3, -0.25) is 0 Å². The van der Waals surface area contributed by atoms with Crippen molar-refractivity contribution in [2.75, 3.05) is 106 Å². The van der Waals surface area contributed by atoms with E-state index in [9.17, 15) is 0 Å². The molecule has 8 fully saturated rings. The van der Waals surface area contributed by atoms with Gasteiger partial charge in [-0.25, -0.2) is 29.9 Å². The van der Waals surface area contributed by atoms with E-state index < -0.39 is 95.1 Å². The van der Waals surface area contributed by atoms with Crippen LogP contribution in [0.2, 0.25) is 0 Å². The number of H-pyrrole nitrogens is 2. The number of benzene rings is 4. The number of ether oxygens (including phenoxy) is 24. The molecule has 10 aliphatic rings. The number of nitrogens with zero attached hydrogens (tertiary/aromatic N) is 6. The van der Waals surface area contributed by atoms with E-state index in [4.69, 9.17) is 144 Å². The molecular weight excluding hydrogens is 1460 g/mol. The second-order valence-corrected chi connectivity index (χ2v) is 33.0. The van der Waals surface area contributed by atoms with Crippen molar-refractivity contribution in [2.24, 2.45) is 0 Å². The molecule has 4 aromatic carbocycles. The molecule has 0 spiro atoms. The smallest absolute Gasteiger partial charge is 0.168 e. The van der Waals surface area contributed by atoms with Gasteiger partial charge < -0.3 is 124 Å². The lowest BCUT2D eigenvalue weighted by atomic mass is 10.1. The number of aromatic amines is 2. The van der Waals surface area contributed by atoms with Gasteiger partial charge in [0.1, 0.15) is 170 Å². The summed E-state index contributed by atoms with van der Waals surface area (Å²) in [6.45, 7) is 32.4. The second kappa shape index (κ2) is 29.1. The third-order valence-corrected chi connectivity index (χ3v) is 20.1. The number of aromatic nitrogens is 8. The van der Waals surface area contributed by atoms with E-state index in [0.717, 1.165) is 0 Å². The summed E-state index contributed by atoms with van der Waals surface area (Å²) < 4.78 is 155. The highest BCUT2D eigenvalue weighted by molar-refractivity contribution is 6.13. The molecule has 3 aromatic heterocycles. The van der Waals surface area contributed by atoms with Crippen molar-refractivity contribution < 1.29 is 114 Å². The summed E-state index contributed by atoms with van der Waals surface area (Å²) in [5.74, 6) is -3.64. The van der Waals surface area contributed by atoms with Crippen molar-refractivity contribution in [1.29, 1.82) is 0 Å². The molecule has 0 radical (unpaired) electrons. The Morgan fingerprint density at radius 3 is 0.545 bits per heavy atom. The molecule has 0 amide bonds. The quantitative estimate of drug-likeness (QED) is 0.0567. The van der Waals surface area contributed by atoms with Crippen LogP contribution in [0.15, 0.2) is 48.5 Å². The molecule has 7 aromatic rings. The lowest BCUT2D eigenvalue weighted by Gasteiger charge is -2.19. The van der Waals surface area contributed by atoms with Crippen LogP contribution < -0.4 is 37.9 Å². The molecule has 32 heteroatoms. The third-order valence-electron chi connectivity index (χ3n) is 20.1. The molecule has 8 unspecified atom stereocenters. The van der Waals surface area contributed by atoms with Crippen molar-refractivity contribution in [3.63, 3.8) is 0 Å². The Morgan fingerprint density at radius 2 is 0.393 bits per heavy atom. The molecule has 0 saturated carbocycles. The van der Waals surface area contributed by atoms with E-state index in [0.29, 0.717) is 89.8 Å². The standard InChI is InChI=1S/C80H98N8O24/c1-73(2)97-33-41(105-73)25-89-49-17-18-50(90-26-42-34-98-74(3,4)106-42)58-57(49)65-81-66(58)86-68-61-53(93-29-45-37-101-77(9,10)109-45)21-22-54(94-30-46-38-102-78(11,12)110-46)62(61)70(83-68)88-72-64-56(96-32-48-40-104-80(15,16)112-48)24-23-55(95-31-47-39-103-79(13,14)111-47)63(64)71(84-72)87-69-60-52(92-28-44-36-100-76(7,8)108-44)20-19-51(59(60)67(82-69)85-65)91-27-43-35-99-75(5,6)107-43/h17-24,41-48H,25-40H2,1-16H3,(H2,81,82,83,84,85,86,87,88). The number of hydrogen-bond acceptors (Lipinski definition) is 30. The molecule has 602 valence electrons. The fraction of sp³-hybridized carbons (Fsp3) is 0.600. The molecule has 10 aliphatic heterocycles. The van der Waals surface area contributed by atoms with Crippen molar-refractivity contribution in [3.8, 4) is 91.5 Å². The fourth-order valence-electron chi connectivity index (χ4n) is 15.3. The number of rotatable bonds is 24. The van der Waals surface area contributed by atoms with Crippen molar-refractivity contribution in [2.45, 2.75) is 206 Å². The maximum absolute atomic E-state index is 6.97. The minimum Gasteiger partial charge on any atom is -0.490 e. The Hall–Kier alpha value is -8.00. The van der Waals surface area contributed by atoms with Gasteiger partial charge in [-0.15, -0.1) is 0 Å². The average Bonchev–Trinajstić information content (AvgIpc) is 1.57. The molecular formula is C80H98N8O24. The summed E-state index contributed by atoms with van der Waals surface area (Å²) in [5, 5.41) is 1.68. The Balaban J connectivity index is 0.965. The van der Waals surface area contributed by atoms with Crippen LogP contribution >= 0.6 is 0 Å². The maximum atomic E-state index is 6.97. The molecule has 8 bridgehead atoms. The Kier molecular flexibility index (Phi) is 19.9. The van der Waals surface area contributed by atoms with E-state index >= 15 is 0 Å². The van der Waals surface area contributed by atoms with Crippen molar-refractivity contribution >= 4 is 44.1 Å². The van der Waals surface area contributed by atoms with Crippen LogP contribution in [0.1, 0.15) is 111 Å². The van der Waals surface area contributed by atoms with E-state index in [1.54, 1.807) is 0 Å². The van der Waals surface area contributed by atoms with Gasteiger partial charge in [0.05, 0.1) is 96.7 Å². The molecule has 0 aliphatic carbocycles.